The van der Waals surface area contributed by atoms with E-state index in [4.69, 9.17) is 4.52 Å². The van der Waals surface area contributed by atoms with Crippen molar-refractivity contribution in [3.8, 4) is 11.5 Å². The van der Waals surface area contributed by atoms with Crippen LogP contribution in [0.2, 0.25) is 0 Å². The molecule has 21 heavy (non-hydrogen) atoms. The van der Waals surface area contributed by atoms with E-state index in [2.05, 4.69) is 20.1 Å². The molecular weight excluding hydrogens is 268 g/mol. The van der Waals surface area contributed by atoms with Crippen molar-refractivity contribution in [2.24, 2.45) is 0 Å². The molecule has 6 heteroatoms. The minimum atomic E-state index is -0.0651. The van der Waals surface area contributed by atoms with Gasteiger partial charge in [0.15, 0.2) is 5.78 Å². The summed E-state index contributed by atoms with van der Waals surface area (Å²) in [5.74, 6) is 1.19. The van der Waals surface area contributed by atoms with Crippen LogP contribution in [0.1, 0.15) is 22.1 Å². The molecule has 1 aromatic carbocycles. The first-order valence-electron chi connectivity index (χ1n) is 6.43. The molecule has 0 fully saturated rings. The van der Waals surface area contributed by atoms with E-state index in [1.807, 2.05) is 18.2 Å². The third-order valence-corrected chi connectivity index (χ3v) is 2.88. The van der Waals surface area contributed by atoms with Crippen LogP contribution in [0.25, 0.3) is 11.5 Å². The third kappa shape index (κ3) is 3.00. The van der Waals surface area contributed by atoms with E-state index < -0.39 is 0 Å². The van der Waals surface area contributed by atoms with Gasteiger partial charge in [0.05, 0.1) is 6.42 Å². The number of ketones is 1. The molecule has 0 unspecified atom stereocenters. The average Bonchev–Trinajstić information content (AvgIpc) is 2.97. The molecule has 0 saturated heterocycles. The number of hydrogen-bond acceptors (Lipinski definition) is 6. The lowest BCUT2D eigenvalue weighted by Crippen LogP contribution is -2.03. The monoisotopic (exact) mass is 280 g/mol. The van der Waals surface area contributed by atoms with Gasteiger partial charge in [-0.15, -0.1) is 0 Å². The quantitative estimate of drug-likeness (QED) is 0.682. The summed E-state index contributed by atoms with van der Waals surface area (Å²) >= 11 is 0. The Balaban J connectivity index is 1.78. The fourth-order valence-corrected chi connectivity index (χ4v) is 1.87. The van der Waals surface area contributed by atoms with E-state index in [-0.39, 0.29) is 18.1 Å². The molecule has 0 aliphatic carbocycles. The Morgan fingerprint density at radius 1 is 1.14 bits per heavy atom. The van der Waals surface area contributed by atoms with Gasteiger partial charge < -0.3 is 4.52 Å². The summed E-state index contributed by atoms with van der Waals surface area (Å²) in [6, 6.07) is 10.7. The lowest BCUT2D eigenvalue weighted by molar-refractivity contribution is 0.0983. The summed E-state index contributed by atoms with van der Waals surface area (Å²) in [6.45, 7) is 1.78. The van der Waals surface area contributed by atoms with Crippen LogP contribution in [0.4, 0.5) is 0 Å². The van der Waals surface area contributed by atoms with Crippen molar-refractivity contribution in [2.45, 2.75) is 13.3 Å². The maximum absolute atomic E-state index is 12.1. The van der Waals surface area contributed by atoms with Gasteiger partial charge in [0.1, 0.15) is 11.5 Å². The summed E-state index contributed by atoms with van der Waals surface area (Å²) in [5, 5.41) is 3.85. The maximum Gasteiger partial charge on any atom is 0.234 e. The van der Waals surface area contributed by atoms with Crippen LogP contribution in [0.5, 0.6) is 0 Å². The first kappa shape index (κ1) is 13.1. The second-order valence-electron chi connectivity index (χ2n) is 4.47. The standard InChI is InChI=1S/C15H12N4O2/c1-10-16-8-7-12(17-10)15-18-14(21-19-15)9-13(20)11-5-3-2-4-6-11/h2-8H,9H2,1H3. The highest BCUT2D eigenvalue weighted by molar-refractivity contribution is 5.96. The van der Waals surface area contributed by atoms with E-state index in [0.29, 0.717) is 22.9 Å². The molecule has 0 amide bonds. The van der Waals surface area contributed by atoms with Crippen LogP contribution < -0.4 is 0 Å². The average molecular weight is 280 g/mol. The molecular formula is C15H12N4O2. The molecule has 0 aliphatic heterocycles. The molecule has 6 nitrogen and oxygen atoms in total. The second-order valence-corrected chi connectivity index (χ2v) is 4.47. The van der Waals surface area contributed by atoms with Gasteiger partial charge in [-0.05, 0) is 13.0 Å². The van der Waals surface area contributed by atoms with Gasteiger partial charge in [-0.3, -0.25) is 4.79 Å². The smallest absolute Gasteiger partial charge is 0.234 e. The summed E-state index contributed by atoms with van der Waals surface area (Å²) in [6.07, 6.45) is 1.70. The van der Waals surface area contributed by atoms with E-state index in [0.717, 1.165) is 0 Å². The molecule has 2 heterocycles. The van der Waals surface area contributed by atoms with Crippen molar-refractivity contribution in [3.63, 3.8) is 0 Å². The van der Waals surface area contributed by atoms with Crippen LogP contribution in [-0.4, -0.2) is 25.9 Å². The summed E-state index contributed by atoms with van der Waals surface area (Å²) in [4.78, 5) is 24.5. The Hall–Kier alpha value is -2.89. The number of aryl methyl sites for hydroxylation is 1. The minimum absolute atomic E-state index is 0.0651. The van der Waals surface area contributed by atoms with Gasteiger partial charge in [-0.1, -0.05) is 35.5 Å². The number of Topliss-reactive ketones (excluding diaryl/α,β-unsaturated/α-hetero) is 1. The highest BCUT2D eigenvalue weighted by Gasteiger charge is 2.14. The number of hydrogen-bond donors (Lipinski definition) is 0. The Morgan fingerprint density at radius 2 is 1.95 bits per heavy atom. The van der Waals surface area contributed by atoms with Gasteiger partial charge >= 0.3 is 0 Å². The van der Waals surface area contributed by atoms with Gasteiger partial charge in [0.2, 0.25) is 11.7 Å². The largest absolute Gasteiger partial charge is 0.338 e. The molecule has 0 aliphatic rings. The van der Waals surface area contributed by atoms with Crippen LogP contribution in [0.15, 0.2) is 47.1 Å². The number of aromatic nitrogens is 4. The second kappa shape index (κ2) is 5.62. The SMILES string of the molecule is Cc1nccc(-c2noc(CC(=O)c3ccccc3)n2)n1. The molecule has 0 bridgehead atoms. The summed E-state index contributed by atoms with van der Waals surface area (Å²) in [5.41, 5.74) is 1.19. The Morgan fingerprint density at radius 3 is 2.71 bits per heavy atom. The first-order valence-corrected chi connectivity index (χ1v) is 6.43. The van der Waals surface area contributed by atoms with Gasteiger partial charge in [0, 0.05) is 11.8 Å². The molecule has 3 rings (SSSR count). The van der Waals surface area contributed by atoms with Crippen molar-refractivity contribution in [1.82, 2.24) is 20.1 Å². The van der Waals surface area contributed by atoms with E-state index in [1.165, 1.54) is 0 Å². The Bertz CT molecular complexity index is 768. The fraction of sp³-hybridized carbons (Fsp3) is 0.133. The highest BCUT2D eigenvalue weighted by atomic mass is 16.5. The summed E-state index contributed by atoms with van der Waals surface area (Å²) < 4.78 is 5.11. The van der Waals surface area contributed by atoms with Crippen LogP contribution in [-0.2, 0) is 6.42 Å². The predicted molar refractivity (Wildman–Crippen MR) is 74.5 cm³/mol. The first-order chi connectivity index (χ1) is 10.2. The molecule has 3 aromatic rings. The molecule has 0 N–H and O–H groups in total. The van der Waals surface area contributed by atoms with E-state index >= 15 is 0 Å². The zero-order valence-electron chi connectivity index (χ0n) is 11.4. The third-order valence-electron chi connectivity index (χ3n) is 2.88. The van der Waals surface area contributed by atoms with E-state index in [1.54, 1.807) is 31.3 Å². The molecule has 0 saturated carbocycles. The molecule has 0 atom stereocenters. The normalized spacial score (nSPS) is 10.5. The van der Waals surface area contributed by atoms with Crippen molar-refractivity contribution < 1.29 is 9.32 Å². The topological polar surface area (TPSA) is 81.8 Å². The number of nitrogens with zero attached hydrogens (tertiary/aromatic N) is 4. The maximum atomic E-state index is 12.1. The van der Waals surface area contributed by atoms with Crippen LogP contribution in [0, 0.1) is 6.92 Å². The number of rotatable bonds is 4. The van der Waals surface area contributed by atoms with Gasteiger partial charge in [0.25, 0.3) is 0 Å². The zero-order chi connectivity index (χ0) is 14.7. The van der Waals surface area contributed by atoms with Crippen molar-refractivity contribution in [2.75, 3.05) is 0 Å². The van der Waals surface area contributed by atoms with E-state index in [9.17, 15) is 4.79 Å². The fourth-order valence-electron chi connectivity index (χ4n) is 1.87. The number of benzene rings is 1. The molecule has 104 valence electrons. The van der Waals surface area contributed by atoms with Crippen molar-refractivity contribution in [1.29, 1.82) is 0 Å². The van der Waals surface area contributed by atoms with Crippen LogP contribution >= 0.6 is 0 Å². The lowest BCUT2D eigenvalue weighted by Gasteiger charge is -1.96. The number of carbonyl (C=O) groups excluding carboxylic acids is 1. The highest BCUT2D eigenvalue weighted by Crippen LogP contribution is 2.13. The minimum Gasteiger partial charge on any atom is -0.338 e. The lowest BCUT2D eigenvalue weighted by atomic mass is 10.1. The zero-order valence-corrected chi connectivity index (χ0v) is 11.4. The van der Waals surface area contributed by atoms with Gasteiger partial charge in [-0.25, -0.2) is 9.97 Å². The number of carbonyl (C=O) groups is 1. The predicted octanol–water partition coefficient (Wildman–Crippen LogP) is 2.26. The summed E-state index contributed by atoms with van der Waals surface area (Å²) in [7, 11) is 0. The van der Waals surface area contributed by atoms with Crippen molar-refractivity contribution >= 4 is 5.78 Å². The molecule has 0 spiro atoms. The van der Waals surface area contributed by atoms with Crippen LogP contribution in [0.3, 0.4) is 0 Å². The Labute approximate surface area is 120 Å². The van der Waals surface area contributed by atoms with Crippen molar-refractivity contribution in [3.05, 3.63) is 59.9 Å². The van der Waals surface area contributed by atoms with Gasteiger partial charge in [-0.2, -0.15) is 4.98 Å². The Kier molecular flexibility index (Phi) is 3.51. The molecule has 0 radical (unpaired) electrons. The molecule has 2 aromatic heterocycles.